The number of nitrogens with zero attached hydrogens (tertiary/aromatic N) is 6. The fourth-order valence-corrected chi connectivity index (χ4v) is 10.1. The lowest BCUT2D eigenvalue weighted by Crippen LogP contribution is -2.21. The maximum Gasteiger partial charge on any atom is 0.355 e. The van der Waals surface area contributed by atoms with Crippen molar-refractivity contribution in [2.75, 3.05) is 53.9 Å². The number of H-pyrrole nitrogens is 1. The van der Waals surface area contributed by atoms with E-state index in [1.165, 1.54) is 39.7 Å². The number of hydrogen-bond donors (Lipinski definition) is 4. The van der Waals surface area contributed by atoms with Crippen molar-refractivity contribution in [3.8, 4) is 34.9 Å². The molecule has 3 aliphatic heterocycles. The number of benzene rings is 5. The average Bonchev–Trinajstić information content (AvgIpc) is 1.67. The SMILES string of the molecule is CC=O.CCC.CCOC(C)OCC.CCOC(C)OCC.CCOC(C)OCC.COC(=O)c1ccc[nH]1.COC(=O)c1cccn1-c1ccccc1C#N.N#Cc1ccccc1F.O=C1NCc2ccccc2-n2cccc21.O=C1NCc2ccccc2-n2cccc21.O=C1NCc2ccccc2-n2cccc21. The van der Waals surface area contributed by atoms with Crippen LogP contribution in [0.25, 0.3) is 22.7 Å². The number of fused-ring (bicyclic) bond motifs is 9. The molecule has 0 radical (unpaired) electrons. The summed E-state index contributed by atoms with van der Waals surface area (Å²) < 4.78 is 59.3. The summed E-state index contributed by atoms with van der Waals surface area (Å²) >= 11 is 0. The second kappa shape index (κ2) is 53.9. The molecular formula is C85H105FN10O14. The number of nitrogens with one attached hydrogen (secondary N) is 4. The molecule has 586 valence electrons. The van der Waals surface area contributed by atoms with Gasteiger partial charge in [0.1, 0.15) is 52.7 Å². The molecule has 0 atom stereocenters. The fraction of sp³-hybridized carbons (Fsp3) is 0.318. The Kier molecular flexibility index (Phi) is 45.3. The number of nitriles is 2. The number of carbonyl (C=O) groups excluding carboxylic acids is 6. The van der Waals surface area contributed by atoms with Gasteiger partial charge in [-0.05, 0) is 189 Å². The quantitative estimate of drug-likeness (QED) is 0.0421. The highest BCUT2D eigenvalue weighted by Gasteiger charge is 2.21. The molecule has 25 heteroatoms. The number of aldehydes is 1. The zero-order valence-electron chi connectivity index (χ0n) is 65.4. The Morgan fingerprint density at radius 3 is 1.05 bits per heavy atom. The van der Waals surface area contributed by atoms with Crippen molar-refractivity contribution >= 4 is 35.9 Å². The van der Waals surface area contributed by atoms with Crippen molar-refractivity contribution in [2.45, 2.75) is 128 Å². The smallest absolute Gasteiger partial charge is 0.355 e. The largest absolute Gasteiger partial charge is 0.464 e. The van der Waals surface area contributed by atoms with Crippen LogP contribution in [0.2, 0.25) is 0 Å². The maximum atomic E-state index is 12.4. The van der Waals surface area contributed by atoms with E-state index in [9.17, 15) is 28.4 Å². The van der Waals surface area contributed by atoms with E-state index in [1.807, 2.05) is 210 Å². The Balaban J connectivity index is 0.000000323. The van der Waals surface area contributed by atoms with Gasteiger partial charge < -0.3 is 81.9 Å². The summed E-state index contributed by atoms with van der Waals surface area (Å²) in [7, 11) is 2.68. The topological polar surface area (TPSA) is 295 Å². The van der Waals surface area contributed by atoms with Gasteiger partial charge in [0.2, 0.25) is 0 Å². The lowest BCUT2D eigenvalue weighted by atomic mass is 10.2. The first-order valence-corrected chi connectivity index (χ1v) is 36.1. The van der Waals surface area contributed by atoms with E-state index in [2.05, 4.69) is 50.3 Å². The molecule has 0 unspecified atom stereocenters. The number of hydrogen-bond acceptors (Lipinski definition) is 16. The third-order valence-corrected chi connectivity index (χ3v) is 14.8. The van der Waals surface area contributed by atoms with E-state index in [0.29, 0.717) is 59.4 Å². The zero-order valence-corrected chi connectivity index (χ0v) is 65.4. The summed E-state index contributed by atoms with van der Waals surface area (Å²) in [5, 5.41) is 25.9. The third kappa shape index (κ3) is 31.2. The molecule has 110 heavy (non-hydrogen) atoms. The molecule has 24 nitrogen and oxygen atoms in total. The number of para-hydroxylation sites is 4. The van der Waals surface area contributed by atoms with Crippen LogP contribution in [-0.4, -0.2) is 132 Å². The third-order valence-electron chi connectivity index (χ3n) is 14.8. The standard InChI is InChI=1S/C13H10N2O2.3C12H10N2O.C7H4FN.C6H7NO2.3C6H14O2.C3H8.C2H4O/c1-17-13(16)12-7-4-8-15(12)11-6-3-2-5-10(11)9-14;3*15-12-11-6-3-7-14(11)10-5-2-1-4-9(10)8-13-12;8-7-4-2-1-3-6(7)5-9;1-9-6(8)5-3-2-4-7-5;3*1-4-7-6(3)8-5-2;1-3-2;1-2-3/h2-8H,1H3;3*1-7H,8H2,(H,13,15);1-4H;2-4,7H,1H3;3*6H,4-5H2,1-3H3;3H2,1-2H3;2H,1H3. The number of carbonyl (C=O) groups is 6. The monoisotopic (exact) mass is 1510 g/mol. The molecule has 0 spiro atoms. The van der Waals surface area contributed by atoms with E-state index in [-0.39, 0.29) is 48.1 Å². The van der Waals surface area contributed by atoms with Crippen LogP contribution in [0, 0.1) is 28.5 Å². The van der Waals surface area contributed by atoms with Gasteiger partial charge >= 0.3 is 11.9 Å². The van der Waals surface area contributed by atoms with Gasteiger partial charge in [-0.15, -0.1) is 0 Å². The zero-order chi connectivity index (χ0) is 81.0. The molecule has 0 saturated carbocycles. The van der Waals surface area contributed by atoms with Gasteiger partial charge in [0.05, 0.1) is 48.1 Å². The van der Waals surface area contributed by atoms with Crippen LogP contribution >= 0.6 is 0 Å². The first kappa shape index (κ1) is 92.4. The summed E-state index contributed by atoms with van der Waals surface area (Å²) in [5.74, 6) is -1.27. The Labute approximate surface area is 645 Å². The first-order chi connectivity index (χ1) is 53.3. The number of amides is 3. The highest BCUT2D eigenvalue weighted by molar-refractivity contribution is 5.95. The van der Waals surface area contributed by atoms with Crippen LogP contribution in [0.1, 0.15) is 170 Å². The van der Waals surface area contributed by atoms with Crippen LogP contribution in [0.5, 0.6) is 0 Å². The highest BCUT2D eigenvalue weighted by Crippen LogP contribution is 2.24. The van der Waals surface area contributed by atoms with Gasteiger partial charge in [-0.3, -0.25) is 14.4 Å². The summed E-state index contributed by atoms with van der Waals surface area (Å²) in [4.78, 5) is 68.8. The van der Waals surface area contributed by atoms with Gasteiger partial charge in [-0.1, -0.05) is 99.1 Å². The molecule has 3 amide bonds. The van der Waals surface area contributed by atoms with Crippen molar-refractivity contribution in [3.63, 3.8) is 0 Å². The van der Waals surface area contributed by atoms with Gasteiger partial charge in [0, 0.05) is 90.3 Å². The maximum absolute atomic E-state index is 12.4. The number of ether oxygens (including phenoxy) is 8. The van der Waals surface area contributed by atoms with Crippen LogP contribution in [0.3, 0.4) is 0 Å². The van der Waals surface area contributed by atoms with E-state index in [1.54, 1.807) is 77.6 Å². The van der Waals surface area contributed by atoms with Crippen LogP contribution in [0.15, 0.2) is 213 Å². The minimum atomic E-state index is -0.458. The number of rotatable bonds is 15. The Bertz CT molecular complexity index is 4110. The molecule has 13 rings (SSSR count). The van der Waals surface area contributed by atoms with Gasteiger partial charge in [-0.25, -0.2) is 14.0 Å². The molecule has 5 aromatic heterocycles. The average molecular weight is 1510 g/mol. The summed E-state index contributed by atoms with van der Waals surface area (Å²) in [5.41, 5.74) is 10.9. The molecule has 0 aliphatic carbocycles. The van der Waals surface area contributed by atoms with Crippen LogP contribution in [0.4, 0.5) is 4.39 Å². The predicted octanol–water partition coefficient (Wildman–Crippen LogP) is 15.6. The Hall–Kier alpha value is -11.8. The van der Waals surface area contributed by atoms with Gasteiger partial charge in [-0.2, -0.15) is 10.5 Å². The lowest BCUT2D eigenvalue weighted by Gasteiger charge is -2.09. The number of aromatic amines is 1. The van der Waals surface area contributed by atoms with Gasteiger partial charge in [0.25, 0.3) is 17.7 Å². The Morgan fingerprint density at radius 2 is 0.745 bits per heavy atom. The second-order valence-corrected chi connectivity index (χ2v) is 22.7. The summed E-state index contributed by atoms with van der Waals surface area (Å²) in [6.45, 7) is 29.2. The van der Waals surface area contributed by atoms with Crippen molar-refractivity contribution in [1.29, 1.82) is 10.5 Å². The van der Waals surface area contributed by atoms with Crippen LogP contribution in [-0.2, 0) is 62.3 Å². The number of aromatic nitrogens is 5. The van der Waals surface area contributed by atoms with E-state index in [4.69, 9.17) is 43.7 Å². The molecule has 0 bridgehead atoms. The first-order valence-electron chi connectivity index (χ1n) is 36.1. The van der Waals surface area contributed by atoms with E-state index < -0.39 is 11.8 Å². The molecule has 0 fully saturated rings. The molecular weight excluding hydrogens is 1400 g/mol. The number of halogens is 1. The summed E-state index contributed by atoms with van der Waals surface area (Å²) in [6.07, 6.45) is 11.0. The fourth-order valence-electron chi connectivity index (χ4n) is 10.1. The number of methoxy groups -OCH3 is 2. The van der Waals surface area contributed by atoms with E-state index in [0.717, 1.165) is 79.7 Å². The number of esters is 2. The van der Waals surface area contributed by atoms with E-state index >= 15 is 0 Å². The van der Waals surface area contributed by atoms with Crippen molar-refractivity contribution in [2.24, 2.45) is 0 Å². The highest BCUT2D eigenvalue weighted by atomic mass is 19.1. The predicted molar refractivity (Wildman–Crippen MR) is 422 cm³/mol. The minimum absolute atomic E-state index is 0.0174. The minimum Gasteiger partial charge on any atom is -0.464 e. The van der Waals surface area contributed by atoms with Crippen molar-refractivity contribution in [1.82, 2.24) is 39.2 Å². The second-order valence-electron chi connectivity index (χ2n) is 22.7. The Morgan fingerprint density at radius 1 is 0.436 bits per heavy atom. The lowest BCUT2D eigenvalue weighted by molar-refractivity contribution is -0.123. The molecule has 8 heterocycles. The van der Waals surface area contributed by atoms with Gasteiger partial charge in [0.15, 0.2) is 18.9 Å². The molecule has 10 aromatic rings. The molecule has 4 N–H and O–H groups in total. The van der Waals surface area contributed by atoms with Crippen molar-refractivity contribution < 1.29 is 71.1 Å². The molecule has 5 aromatic carbocycles. The molecule has 3 aliphatic rings. The van der Waals surface area contributed by atoms with Crippen molar-refractivity contribution in [3.05, 3.63) is 275 Å². The van der Waals surface area contributed by atoms with Crippen LogP contribution < -0.4 is 16.0 Å². The normalized spacial score (nSPS) is 11.1. The molecule has 0 saturated heterocycles. The summed E-state index contributed by atoms with van der Waals surface area (Å²) in [6, 6.07) is 58.8.